The Bertz CT molecular complexity index is 1420. The predicted octanol–water partition coefficient (Wildman–Crippen LogP) is 7.19. The Morgan fingerprint density at radius 1 is 0.632 bits per heavy atom. The molecule has 4 aromatic rings. The van der Waals surface area contributed by atoms with E-state index in [1.165, 1.54) is 18.1 Å². The van der Waals surface area contributed by atoms with Gasteiger partial charge in [0.2, 0.25) is 5.91 Å². The fourth-order valence-electron chi connectivity index (χ4n) is 3.55. The van der Waals surface area contributed by atoms with Crippen LogP contribution in [-0.2, 0) is 4.79 Å². The van der Waals surface area contributed by atoms with Crippen LogP contribution in [0.4, 0.5) is 28.7 Å². The summed E-state index contributed by atoms with van der Waals surface area (Å²) in [6.45, 7) is 15.4. The molecule has 4 rings (SSSR count). The zero-order valence-electron chi connectivity index (χ0n) is 22.8. The number of amides is 1. The van der Waals surface area contributed by atoms with Gasteiger partial charge >= 0.3 is 0 Å². The number of carbonyl (C=O) groups is 1. The van der Waals surface area contributed by atoms with Crippen LogP contribution in [0.15, 0.2) is 48.8 Å². The van der Waals surface area contributed by atoms with Gasteiger partial charge in [0.15, 0.2) is 0 Å². The molecule has 2 aromatic heterocycles. The Kier molecular flexibility index (Phi) is 10.4. The van der Waals surface area contributed by atoms with Crippen LogP contribution in [0.3, 0.4) is 0 Å². The van der Waals surface area contributed by atoms with Crippen LogP contribution in [0.2, 0.25) is 0 Å². The van der Waals surface area contributed by atoms with Crippen molar-refractivity contribution in [1.29, 1.82) is 0 Å². The molecule has 1 amide bonds. The van der Waals surface area contributed by atoms with Crippen molar-refractivity contribution < 1.29 is 4.79 Å². The largest absolute Gasteiger partial charge is 0.340 e. The van der Waals surface area contributed by atoms with E-state index in [1.807, 2.05) is 65.1 Å². The fraction of sp³-hybridized carbons (Fsp3) is 0.300. The number of hydrogen-bond donors (Lipinski definition) is 3. The highest BCUT2D eigenvalue weighted by atomic mass is 16.1. The molecule has 0 bridgehead atoms. The Morgan fingerprint density at radius 2 is 1.08 bits per heavy atom. The third-order valence-corrected chi connectivity index (χ3v) is 5.94. The summed E-state index contributed by atoms with van der Waals surface area (Å²) in [7, 11) is 0. The highest BCUT2D eigenvalue weighted by Gasteiger charge is 2.08. The molecule has 3 N–H and O–H groups in total. The number of nitrogens with one attached hydrogen (secondary N) is 3. The molecule has 0 atom stereocenters. The number of anilines is 5. The molecule has 0 aliphatic carbocycles. The lowest BCUT2D eigenvalue weighted by atomic mass is 10.1. The minimum atomic E-state index is -0.0840. The van der Waals surface area contributed by atoms with Crippen molar-refractivity contribution in [2.45, 2.75) is 62.8 Å². The Balaban J connectivity index is 0.000000263. The van der Waals surface area contributed by atoms with Gasteiger partial charge in [0.25, 0.3) is 0 Å². The van der Waals surface area contributed by atoms with E-state index < -0.39 is 0 Å². The Morgan fingerprint density at radius 3 is 1.58 bits per heavy atom. The molecular formula is C30H39N7O. The number of carbonyl (C=O) groups excluding carboxylic acids is 1. The zero-order valence-corrected chi connectivity index (χ0v) is 22.8. The summed E-state index contributed by atoms with van der Waals surface area (Å²) < 4.78 is 0. The molecular weight excluding hydrogens is 474 g/mol. The maximum atomic E-state index is 11.2. The SMILES string of the molecule is C.CC(=O)Nc1cccc(Nc2nc(C)ncc2C)c1C.Cc1ncc(C)c(Nc2cccc(C)c2C)n1. The Hall–Kier alpha value is -4.33. The van der Waals surface area contributed by atoms with E-state index >= 15 is 0 Å². The smallest absolute Gasteiger partial charge is 0.221 e. The maximum Gasteiger partial charge on any atom is 0.221 e. The van der Waals surface area contributed by atoms with Gasteiger partial charge in [-0.1, -0.05) is 25.6 Å². The fourth-order valence-corrected chi connectivity index (χ4v) is 3.55. The summed E-state index contributed by atoms with van der Waals surface area (Å²) in [5.74, 6) is 3.07. The third kappa shape index (κ3) is 7.83. The average Bonchev–Trinajstić information content (AvgIpc) is 2.84. The third-order valence-electron chi connectivity index (χ3n) is 5.94. The van der Waals surface area contributed by atoms with Gasteiger partial charge in [-0.3, -0.25) is 4.79 Å². The molecule has 0 saturated heterocycles. The van der Waals surface area contributed by atoms with Gasteiger partial charge in [-0.05, 0) is 83.4 Å². The molecule has 8 nitrogen and oxygen atoms in total. The van der Waals surface area contributed by atoms with Crippen molar-refractivity contribution in [3.8, 4) is 0 Å². The molecule has 0 saturated carbocycles. The predicted molar refractivity (Wildman–Crippen MR) is 158 cm³/mol. The van der Waals surface area contributed by atoms with Gasteiger partial charge in [0.1, 0.15) is 23.3 Å². The van der Waals surface area contributed by atoms with E-state index in [0.717, 1.165) is 51.2 Å². The molecule has 0 aliphatic heterocycles. The second-order valence-electron chi connectivity index (χ2n) is 9.05. The number of hydrogen-bond acceptors (Lipinski definition) is 7. The van der Waals surface area contributed by atoms with Crippen LogP contribution < -0.4 is 16.0 Å². The maximum absolute atomic E-state index is 11.2. The first kappa shape index (κ1) is 29.9. The normalized spacial score (nSPS) is 10.0. The lowest BCUT2D eigenvalue weighted by molar-refractivity contribution is -0.114. The molecule has 200 valence electrons. The highest BCUT2D eigenvalue weighted by Crippen LogP contribution is 2.27. The van der Waals surface area contributed by atoms with Crippen molar-refractivity contribution >= 4 is 34.6 Å². The van der Waals surface area contributed by atoms with Crippen LogP contribution in [0.25, 0.3) is 0 Å². The van der Waals surface area contributed by atoms with E-state index in [1.54, 1.807) is 6.20 Å². The Labute approximate surface area is 226 Å². The van der Waals surface area contributed by atoms with Crippen molar-refractivity contribution in [3.05, 3.63) is 88.3 Å². The molecule has 38 heavy (non-hydrogen) atoms. The van der Waals surface area contributed by atoms with Crippen molar-refractivity contribution in [2.75, 3.05) is 16.0 Å². The summed E-state index contributed by atoms with van der Waals surface area (Å²) in [5.41, 5.74) is 8.34. The van der Waals surface area contributed by atoms with Crippen LogP contribution in [0.1, 0.15) is 53.8 Å². The first-order chi connectivity index (χ1) is 17.5. The van der Waals surface area contributed by atoms with Gasteiger partial charge in [0.05, 0.1) is 0 Å². The molecule has 0 fully saturated rings. The van der Waals surface area contributed by atoms with Crippen LogP contribution in [-0.4, -0.2) is 25.8 Å². The van der Waals surface area contributed by atoms with Crippen molar-refractivity contribution in [1.82, 2.24) is 19.9 Å². The topological polar surface area (TPSA) is 105 Å². The minimum Gasteiger partial charge on any atom is -0.340 e. The quantitative estimate of drug-likeness (QED) is 0.259. The average molecular weight is 514 g/mol. The first-order valence-electron chi connectivity index (χ1n) is 12.1. The molecule has 0 spiro atoms. The van der Waals surface area contributed by atoms with Gasteiger partial charge in [-0.25, -0.2) is 19.9 Å². The second kappa shape index (κ2) is 13.3. The minimum absolute atomic E-state index is 0. The number of nitrogens with zero attached hydrogens (tertiary/aromatic N) is 4. The van der Waals surface area contributed by atoms with E-state index in [9.17, 15) is 4.79 Å². The monoisotopic (exact) mass is 513 g/mol. The summed E-state index contributed by atoms with van der Waals surface area (Å²) in [6, 6.07) is 12.0. The van der Waals surface area contributed by atoms with Gasteiger partial charge < -0.3 is 16.0 Å². The lowest BCUT2D eigenvalue weighted by Gasteiger charge is -2.14. The second-order valence-corrected chi connectivity index (χ2v) is 9.05. The molecule has 2 aromatic carbocycles. The molecule has 8 heteroatoms. The van der Waals surface area contributed by atoms with Crippen LogP contribution >= 0.6 is 0 Å². The highest BCUT2D eigenvalue weighted by molar-refractivity contribution is 5.90. The standard InChI is InChI=1S/C15H18N4O.C14H17N3.CH4/c1-9-8-16-11(3)17-15(9)19-14-7-5-6-13(10(14)2)18-12(4)20;1-9-6-5-7-13(11(9)3)17-14-10(2)8-15-12(4)16-14;/h5-8H,1-4H3,(H,18,20)(H,16,17,19);5-8H,1-4H3,(H,15,16,17);1H4. The van der Waals surface area contributed by atoms with E-state index in [4.69, 9.17) is 0 Å². The zero-order chi connectivity index (χ0) is 27.1. The van der Waals surface area contributed by atoms with Crippen molar-refractivity contribution in [2.24, 2.45) is 0 Å². The van der Waals surface area contributed by atoms with Gasteiger partial charge in [-0.2, -0.15) is 0 Å². The number of aryl methyl sites for hydroxylation is 5. The molecule has 0 radical (unpaired) electrons. The summed E-state index contributed by atoms with van der Waals surface area (Å²) in [6.07, 6.45) is 3.63. The van der Waals surface area contributed by atoms with Gasteiger partial charge in [-0.15, -0.1) is 0 Å². The summed E-state index contributed by atoms with van der Waals surface area (Å²) in [4.78, 5) is 28.3. The van der Waals surface area contributed by atoms with E-state index in [-0.39, 0.29) is 13.3 Å². The molecule has 0 unspecified atom stereocenters. The summed E-state index contributed by atoms with van der Waals surface area (Å²) >= 11 is 0. The van der Waals surface area contributed by atoms with Gasteiger partial charge in [0, 0.05) is 47.5 Å². The molecule has 2 heterocycles. The molecule has 0 aliphatic rings. The lowest BCUT2D eigenvalue weighted by Crippen LogP contribution is -2.08. The van der Waals surface area contributed by atoms with Crippen LogP contribution in [0.5, 0.6) is 0 Å². The van der Waals surface area contributed by atoms with Crippen molar-refractivity contribution in [3.63, 3.8) is 0 Å². The van der Waals surface area contributed by atoms with E-state index in [2.05, 4.69) is 61.9 Å². The first-order valence-corrected chi connectivity index (χ1v) is 12.1. The summed E-state index contributed by atoms with van der Waals surface area (Å²) in [5, 5.41) is 9.48. The van der Waals surface area contributed by atoms with E-state index in [0.29, 0.717) is 5.82 Å². The van der Waals surface area contributed by atoms with Crippen LogP contribution in [0, 0.1) is 48.5 Å². The number of aromatic nitrogens is 4. The number of benzene rings is 2. The number of rotatable bonds is 5.